The van der Waals surface area contributed by atoms with E-state index in [4.69, 9.17) is 9.97 Å². The Balaban J connectivity index is 1.97. The van der Waals surface area contributed by atoms with Crippen molar-refractivity contribution >= 4 is 43.0 Å². The third-order valence-electron chi connectivity index (χ3n) is 4.66. The van der Waals surface area contributed by atoms with Gasteiger partial charge in [-0.1, -0.05) is 28.9 Å². The molecule has 0 radical (unpaired) electrons. The first-order valence-corrected chi connectivity index (χ1v) is 9.49. The summed E-state index contributed by atoms with van der Waals surface area (Å²) in [6.07, 6.45) is 3.13. The minimum Gasteiger partial charge on any atom is -0.305 e. The van der Waals surface area contributed by atoms with Crippen LogP contribution in [0.2, 0.25) is 0 Å². The Morgan fingerprint density at radius 1 is 1.22 bits per heavy atom. The Hall–Kier alpha value is -1.20. The van der Waals surface area contributed by atoms with Gasteiger partial charge in [-0.05, 0) is 70.6 Å². The van der Waals surface area contributed by atoms with Crippen LogP contribution in [-0.2, 0) is 12.8 Å². The molecule has 0 saturated carbocycles. The molecule has 1 atom stereocenters. The van der Waals surface area contributed by atoms with Crippen LogP contribution in [0.3, 0.4) is 0 Å². The van der Waals surface area contributed by atoms with Gasteiger partial charge in [-0.15, -0.1) is 0 Å². The van der Waals surface area contributed by atoms with Crippen LogP contribution in [0.15, 0.2) is 33.3 Å². The van der Waals surface area contributed by atoms with Gasteiger partial charge in [-0.2, -0.15) is 0 Å². The Morgan fingerprint density at radius 2 is 2.04 bits per heavy atom. The first-order chi connectivity index (χ1) is 11.1. The predicted octanol–water partition coefficient (Wildman–Crippen LogP) is 5.36. The van der Waals surface area contributed by atoms with E-state index in [1.165, 1.54) is 16.7 Å². The molecule has 2 aromatic heterocycles. The number of aryl methyl sites for hydroxylation is 3. The van der Waals surface area contributed by atoms with Crippen LogP contribution in [0, 0.1) is 6.92 Å². The Bertz CT molecular complexity index is 914. The van der Waals surface area contributed by atoms with Crippen LogP contribution < -0.4 is 0 Å². The van der Waals surface area contributed by atoms with Crippen molar-refractivity contribution in [2.24, 2.45) is 0 Å². The summed E-state index contributed by atoms with van der Waals surface area (Å²) in [7, 11) is 0. The molecule has 0 unspecified atom stereocenters. The number of aromatic nitrogens is 3. The third kappa shape index (κ3) is 2.45. The molecule has 5 heteroatoms. The third-order valence-corrected chi connectivity index (χ3v) is 5.56. The minimum absolute atomic E-state index is 0.333. The molecule has 1 aromatic carbocycles. The van der Waals surface area contributed by atoms with E-state index in [9.17, 15) is 0 Å². The molecule has 2 heterocycles. The summed E-state index contributed by atoms with van der Waals surface area (Å²) in [6.45, 7) is 4.27. The quantitative estimate of drug-likeness (QED) is 0.508. The average Bonchev–Trinajstić information content (AvgIpc) is 3.07. The molecule has 4 rings (SSSR count). The SMILES string of the molecule is CCc1nc2c(C)cc(Br)nc2n1[C@H]1CCc2cc(Br)ccc21. The summed E-state index contributed by atoms with van der Waals surface area (Å²) in [6, 6.07) is 9.00. The number of hydrogen-bond acceptors (Lipinski definition) is 2. The second-order valence-corrected chi connectivity index (χ2v) is 7.81. The monoisotopic (exact) mass is 433 g/mol. The molecular weight excluding hydrogens is 418 g/mol. The Labute approximate surface area is 152 Å². The standard InChI is InChI=1S/C18H17Br2N3/c1-3-16-22-17-10(2)8-15(20)21-18(17)23(16)14-7-4-11-9-12(19)5-6-13(11)14/h5-6,8-9,14H,3-4,7H2,1-2H3/t14-/m0/s1. The van der Waals surface area contributed by atoms with Gasteiger partial charge in [0.15, 0.2) is 5.65 Å². The minimum atomic E-state index is 0.333. The lowest BCUT2D eigenvalue weighted by Gasteiger charge is -2.17. The molecule has 23 heavy (non-hydrogen) atoms. The van der Waals surface area contributed by atoms with Crippen LogP contribution in [0.5, 0.6) is 0 Å². The number of nitrogens with zero attached hydrogens (tertiary/aromatic N) is 3. The molecular formula is C18H17Br2N3. The molecule has 0 amide bonds. The topological polar surface area (TPSA) is 30.7 Å². The zero-order valence-electron chi connectivity index (χ0n) is 13.1. The summed E-state index contributed by atoms with van der Waals surface area (Å²) >= 11 is 7.12. The van der Waals surface area contributed by atoms with E-state index < -0.39 is 0 Å². The van der Waals surface area contributed by atoms with E-state index in [2.05, 4.69) is 68.5 Å². The lowest BCUT2D eigenvalue weighted by Crippen LogP contribution is -2.11. The number of benzene rings is 1. The van der Waals surface area contributed by atoms with Gasteiger partial charge in [-0.3, -0.25) is 0 Å². The number of hydrogen-bond donors (Lipinski definition) is 0. The van der Waals surface area contributed by atoms with Gasteiger partial charge in [0.1, 0.15) is 15.9 Å². The summed E-state index contributed by atoms with van der Waals surface area (Å²) in [5.74, 6) is 1.12. The lowest BCUT2D eigenvalue weighted by atomic mass is 10.1. The summed E-state index contributed by atoms with van der Waals surface area (Å²) in [5, 5.41) is 0. The van der Waals surface area contributed by atoms with Crippen molar-refractivity contribution in [2.75, 3.05) is 0 Å². The number of halogens is 2. The molecule has 0 bridgehead atoms. The van der Waals surface area contributed by atoms with Crippen molar-refractivity contribution < 1.29 is 0 Å². The van der Waals surface area contributed by atoms with E-state index in [1.807, 2.05) is 6.07 Å². The molecule has 0 spiro atoms. The normalized spacial score (nSPS) is 17.0. The van der Waals surface area contributed by atoms with Crippen molar-refractivity contribution in [1.29, 1.82) is 0 Å². The summed E-state index contributed by atoms with van der Waals surface area (Å²) in [5.41, 5.74) is 6.02. The van der Waals surface area contributed by atoms with Crippen LogP contribution in [0.4, 0.5) is 0 Å². The number of pyridine rings is 1. The predicted molar refractivity (Wildman–Crippen MR) is 99.9 cm³/mol. The number of fused-ring (bicyclic) bond motifs is 2. The fourth-order valence-electron chi connectivity index (χ4n) is 3.63. The Kier molecular flexibility index (Phi) is 3.81. The maximum atomic E-state index is 4.88. The molecule has 3 nitrogen and oxygen atoms in total. The van der Waals surface area contributed by atoms with E-state index in [-0.39, 0.29) is 0 Å². The molecule has 0 saturated heterocycles. The van der Waals surface area contributed by atoms with Gasteiger partial charge in [0.25, 0.3) is 0 Å². The molecule has 118 valence electrons. The summed E-state index contributed by atoms with van der Waals surface area (Å²) in [4.78, 5) is 9.63. The molecule has 1 aliphatic carbocycles. The van der Waals surface area contributed by atoms with Crippen molar-refractivity contribution in [3.8, 4) is 0 Å². The largest absolute Gasteiger partial charge is 0.305 e. The highest BCUT2D eigenvalue weighted by Gasteiger charge is 2.28. The summed E-state index contributed by atoms with van der Waals surface area (Å²) < 4.78 is 4.38. The number of imidazole rings is 1. The molecule has 1 aliphatic rings. The second-order valence-electron chi connectivity index (χ2n) is 6.08. The smallest absolute Gasteiger partial charge is 0.162 e. The average molecular weight is 435 g/mol. The van der Waals surface area contributed by atoms with Crippen LogP contribution >= 0.6 is 31.9 Å². The van der Waals surface area contributed by atoms with Crippen molar-refractivity contribution in [2.45, 2.75) is 39.2 Å². The van der Waals surface area contributed by atoms with Crippen molar-refractivity contribution in [3.05, 3.63) is 55.9 Å². The highest BCUT2D eigenvalue weighted by atomic mass is 79.9. The van der Waals surface area contributed by atoms with E-state index in [1.54, 1.807) is 0 Å². The highest BCUT2D eigenvalue weighted by Crippen LogP contribution is 2.38. The fraction of sp³-hybridized carbons (Fsp3) is 0.333. The first kappa shape index (κ1) is 15.3. The van der Waals surface area contributed by atoms with E-state index in [0.717, 1.165) is 45.3 Å². The molecule has 0 N–H and O–H groups in total. The van der Waals surface area contributed by atoms with E-state index >= 15 is 0 Å². The first-order valence-electron chi connectivity index (χ1n) is 7.90. The zero-order valence-corrected chi connectivity index (χ0v) is 16.3. The maximum Gasteiger partial charge on any atom is 0.162 e. The second kappa shape index (κ2) is 5.71. The fourth-order valence-corrected chi connectivity index (χ4v) is 4.55. The highest BCUT2D eigenvalue weighted by molar-refractivity contribution is 9.10. The van der Waals surface area contributed by atoms with Gasteiger partial charge in [0, 0.05) is 10.9 Å². The molecule has 0 aliphatic heterocycles. The van der Waals surface area contributed by atoms with Crippen molar-refractivity contribution in [1.82, 2.24) is 14.5 Å². The van der Waals surface area contributed by atoms with E-state index in [0.29, 0.717) is 6.04 Å². The number of rotatable bonds is 2. The van der Waals surface area contributed by atoms with Crippen LogP contribution in [0.1, 0.15) is 41.9 Å². The lowest BCUT2D eigenvalue weighted by molar-refractivity contribution is 0.566. The Morgan fingerprint density at radius 3 is 2.83 bits per heavy atom. The van der Waals surface area contributed by atoms with Gasteiger partial charge in [0.05, 0.1) is 6.04 Å². The van der Waals surface area contributed by atoms with Crippen molar-refractivity contribution in [3.63, 3.8) is 0 Å². The van der Waals surface area contributed by atoms with Gasteiger partial charge in [0.2, 0.25) is 0 Å². The maximum absolute atomic E-state index is 4.88. The molecule has 3 aromatic rings. The van der Waals surface area contributed by atoms with Crippen LogP contribution in [0.25, 0.3) is 11.2 Å². The van der Waals surface area contributed by atoms with Gasteiger partial charge in [-0.25, -0.2) is 9.97 Å². The van der Waals surface area contributed by atoms with Crippen LogP contribution in [-0.4, -0.2) is 14.5 Å². The van der Waals surface area contributed by atoms with Gasteiger partial charge >= 0.3 is 0 Å². The zero-order chi connectivity index (χ0) is 16.1. The van der Waals surface area contributed by atoms with Gasteiger partial charge < -0.3 is 4.57 Å². The molecule has 0 fully saturated rings.